The van der Waals surface area contributed by atoms with E-state index < -0.39 is 0 Å². The van der Waals surface area contributed by atoms with Crippen molar-refractivity contribution < 1.29 is 14.4 Å². The summed E-state index contributed by atoms with van der Waals surface area (Å²) in [6.07, 6.45) is 4.91. The lowest BCUT2D eigenvalue weighted by Gasteiger charge is -2.23. The van der Waals surface area contributed by atoms with Crippen molar-refractivity contribution in [2.75, 3.05) is 13.7 Å². The summed E-state index contributed by atoms with van der Waals surface area (Å²) in [6, 6.07) is 15.4. The molecule has 1 aliphatic rings. The van der Waals surface area contributed by atoms with Crippen LogP contribution in [0.4, 0.5) is 0 Å². The number of carbonyl (C=O) groups excluding carboxylic acids is 1. The van der Waals surface area contributed by atoms with Crippen molar-refractivity contribution in [1.29, 1.82) is 0 Å². The van der Waals surface area contributed by atoms with Crippen molar-refractivity contribution in [3.05, 3.63) is 65.9 Å². The Kier molecular flexibility index (Phi) is 4.63. The van der Waals surface area contributed by atoms with Gasteiger partial charge in [0.1, 0.15) is 5.75 Å². The van der Waals surface area contributed by atoms with Gasteiger partial charge in [-0.05, 0) is 55.2 Å². The lowest BCUT2D eigenvalue weighted by molar-refractivity contribution is -0.118. The summed E-state index contributed by atoms with van der Waals surface area (Å²) in [4.78, 5) is 21.3. The molecule has 0 bridgehead atoms. The van der Waals surface area contributed by atoms with Gasteiger partial charge in [-0.2, -0.15) is 0 Å². The number of nitrogens with one attached hydrogen (secondary N) is 1. The molecule has 5 heteroatoms. The summed E-state index contributed by atoms with van der Waals surface area (Å²) >= 11 is 0. The molecule has 1 N–H and O–H groups in total. The molecule has 1 aliphatic heterocycles. The fourth-order valence-electron chi connectivity index (χ4n) is 3.57. The fourth-order valence-corrected chi connectivity index (χ4v) is 3.57. The first kappa shape index (κ1) is 16.7. The molecule has 2 aromatic carbocycles. The van der Waals surface area contributed by atoms with Gasteiger partial charge in [-0.3, -0.25) is 0 Å². The number of aromatic amines is 1. The lowest BCUT2D eigenvalue weighted by atomic mass is 10.0. The smallest absolute Gasteiger partial charge is 0.357 e. The molecule has 1 atom stereocenters. The van der Waals surface area contributed by atoms with Crippen molar-refractivity contribution in [1.82, 2.24) is 10.0 Å². The highest BCUT2D eigenvalue weighted by atomic mass is 16.7. The minimum absolute atomic E-state index is 0.188. The van der Waals surface area contributed by atoms with E-state index >= 15 is 0 Å². The van der Waals surface area contributed by atoms with E-state index in [0.29, 0.717) is 5.56 Å². The van der Waals surface area contributed by atoms with Gasteiger partial charge in [0.15, 0.2) is 0 Å². The normalized spacial score (nSPS) is 17.5. The van der Waals surface area contributed by atoms with Crippen LogP contribution < -0.4 is 4.74 Å². The van der Waals surface area contributed by atoms with Crippen LogP contribution in [-0.4, -0.2) is 35.7 Å². The number of benzene rings is 2. The topological polar surface area (TPSA) is 54.6 Å². The fraction of sp³-hybridized carbons (Fsp3) is 0.286. The van der Waals surface area contributed by atoms with E-state index in [2.05, 4.69) is 11.1 Å². The molecule has 1 saturated heterocycles. The van der Waals surface area contributed by atoms with Crippen LogP contribution in [-0.2, 0) is 11.3 Å². The zero-order valence-corrected chi connectivity index (χ0v) is 14.8. The van der Waals surface area contributed by atoms with Gasteiger partial charge in [0.2, 0.25) is 0 Å². The molecule has 134 valence electrons. The molecule has 1 fully saturated rings. The van der Waals surface area contributed by atoms with E-state index in [0.717, 1.165) is 42.5 Å². The van der Waals surface area contributed by atoms with Crippen LogP contribution in [0.5, 0.6) is 5.75 Å². The van der Waals surface area contributed by atoms with Gasteiger partial charge >= 0.3 is 5.97 Å². The average Bonchev–Trinajstić information content (AvgIpc) is 3.29. The molecule has 0 saturated carbocycles. The molecule has 5 nitrogen and oxygen atoms in total. The molecule has 2 heterocycles. The van der Waals surface area contributed by atoms with E-state index in [1.165, 1.54) is 5.56 Å². The highest BCUT2D eigenvalue weighted by Crippen LogP contribution is 2.28. The third-order valence-corrected chi connectivity index (χ3v) is 4.96. The van der Waals surface area contributed by atoms with Crippen molar-refractivity contribution >= 4 is 16.9 Å². The summed E-state index contributed by atoms with van der Waals surface area (Å²) in [6.45, 7) is 0.773. The van der Waals surface area contributed by atoms with E-state index in [1.807, 2.05) is 41.6 Å². The minimum Gasteiger partial charge on any atom is -0.497 e. The number of H-pyrrole nitrogens is 1. The van der Waals surface area contributed by atoms with Crippen molar-refractivity contribution in [3.8, 4) is 5.75 Å². The molecule has 4 rings (SSSR count). The van der Waals surface area contributed by atoms with E-state index in [4.69, 9.17) is 9.57 Å². The van der Waals surface area contributed by atoms with Crippen molar-refractivity contribution in [2.45, 2.75) is 25.3 Å². The molecule has 0 unspecified atom stereocenters. The number of carbonyl (C=O) groups is 1. The van der Waals surface area contributed by atoms with E-state index in [9.17, 15) is 4.79 Å². The highest BCUT2D eigenvalue weighted by Gasteiger charge is 2.29. The zero-order chi connectivity index (χ0) is 17.9. The van der Waals surface area contributed by atoms with Crippen LogP contribution in [0.1, 0.15) is 28.8 Å². The number of hydrogen-bond donors (Lipinski definition) is 1. The van der Waals surface area contributed by atoms with Crippen molar-refractivity contribution in [3.63, 3.8) is 0 Å². The van der Waals surface area contributed by atoms with Gasteiger partial charge in [-0.1, -0.05) is 18.2 Å². The summed E-state index contributed by atoms with van der Waals surface area (Å²) in [7, 11) is 1.68. The maximum Gasteiger partial charge on any atom is 0.357 e. The predicted octanol–water partition coefficient (Wildman–Crippen LogP) is 3.96. The molecule has 0 amide bonds. The highest BCUT2D eigenvalue weighted by molar-refractivity contribution is 5.89. The molecule has 26 heavy (non-hydrogen) atoms. The number of nitrogens with zero attached hydrogens (tertiary/aromatic N) is 1. The lowest BCUT2D eigenvalue weighted by Crippen LogP contribution is -2.33. The monoisotopic (exact) mass is 350 g/mol. The minimum atomic E-state index is -0.293. The number of hydroxylamine groups is 2. The second-order valence-corrected chi connectivity index (χ2v) is 6.61. The standard InChI is InChI=1S/C21H22N2O3/c1-25-18-9-10-20-19(13-18)16(14-22-20)12-17-8-5-11-23(17)26-21(24)15-6-3-2-4-7-15/h2-4,6-7,9-10,13-14,17,22H,5,8,11-12H2,1H3/t17-/m1/s1. The van der Waals surface area contributed by atoms with Gasteiger partial charge in [0, 0.05) is 23.6 Å². The first-order chi connectivity index (χ1) is 12.7. The Morgan fingerprint density at radius 2 is 2.08 bits per heavy atom. The van der Waals surface area contributed by atoms with Crippen LogP contribution in [0.15, 0.2) is 54.7 Å². The van der Waals surface area contributed by atoms with Crippen LogP contribution in [0.25, 0.3) is 10.9 Å². The first-order valence-corrected chi connectivity index (χ1v) is 8.92. The maximum atomic E-state index is 12.4. The zero-order valence-electron chi connectivity index (χ0n) is 14.8. The Bertz CT molecular complexity index is 904. The Balaban J connectivity index is 1.50. The number of fused-ring (bicyclic) bond motifs is 1. The van der Waals surface area contributed by atoms with Gasteiger partial charge in [0.05, 0.1) is 18.7 Å². The van der Waals surface area contributed by atoms with Gasteiger partial charge < -0.3 is 14.6 Å². The first-order valence-electron chi connectivity index (χ1n) is 8.92. The van der Waals surface area contributed by atoms with Gasteiger partial charge in [-0.15, -0.1) is 5.06 Å². The molecule has 0 radical (unpaired) electrons. The van der Waals surface area contributed by atoms with Crippen molar-refractivity contribution in [2.24, 2.45) is 0 Å². The van der Waals surface area contributed by atoms with Crippen LogP contribution in [0.2, 0.25) is 0 Å². The maximum absolute atomic E-state index is 12.4. The molecular weight excluding hydrogens is 328 g/mol. The number of methoxy groups -OCH3 is 1. The second kappa shape index (κ2) is 7.22. The Morgan fingerprint density at radius 1 is 1.23 bits per heavy atom. The Morgan fingerprint density at radius 3 is 2.88 bits per heavy atom. The SMILES string of the molecule is COc1ccc2[nH]cc(C[C@H]3CCCN3OC(=O)c3ccccc3)c2c1. The van der Waals surface area contributed by atoms with Crippen LogP contribution >= 0.6 is 0 Å². The van der Waals surface area contributed by atoms with Crippen LogP contribution in [0, 0.1) is 0 Å². The third-order valence-electron chi connectivity index (χ3n) is 4.96. The second-order valence-electron chi connectivity index (χ2n) is 6.61. The average molecular weight is 350 g/mol. The molecule has 1 aromatic heterocycles. The van der Waals surface area contributed by atoms with E-state index in [-0.39, 0.29) is 12.0 Å². The largest absolute Gasteiger partial charge is 0.497 e. The Labute approximate surface area is 152 Å². The molecule has 0 spiro atoms. The number of rotatable bonds is 5. The quantitative estimate of drug-likeness (QED) is 0.757. The Hall–Kier alpha value is -2.79. The predicted molar refractivity (Wildman–Crippen MR) is 100 cm³/mol. The molecular formula is C21H22N2O3. The summed E-state index contributed by atoms with van der Waals surface area (Å²) < 4.78 is 5.35. The summed E-state index contributed by atoms with van der Waals surface area (Å²) in [5.74, 6) is 0.551. The molecule has 3 aromatic rings. The number of aromatic nitrogens is 1. The van der Waals surface area contributed by atoms with Gasteiger partial charge in [-0.25, -0.2) is 4.79 Å². The number of ether oxygens (including phenoxy) is 1. The van der Waals surface area contributed by atoms with E-state index in [1.54, 1.807) is 19.2 Å². The third kappa shape index (κ3) is 3.30. The summed E-state index contributed by atoms with van der Waals surface area (Å²) in [5.41, 5.74) is 2.88. The van der Waals surface area contributed by atoms with Crippen LogP contribution in [0.3, 0.4) is 0 Å². The van der Waals surface area contributed by atoms with Gasteiger partial charge in [0.25, 0.3) is 0 Å². The number of hydrogen-bond acceptors (Lipinski definition) is 4. The molecule has 0 aliphatic carbocycles. The summed E-state index contributed by atoms with van der Waals surface area (Å²) in [5, 5.41) is 3.00.